The Morgan fingerprint density at radius 2 is 1.74 bits per heavy atom. The molecule has 0 saturated carbocycles. The molecule has 0 spiro atoms. The molecule has 1 heterocycles. The zero-order valence-corrected chi connectivity index (χ0v) is 20.6. The summed E-state index contributed by atoms with van der Waals surface area (Å²) in [6, 6.07) is 23.2. The Morgan fingerprint density at radius 3 is 2.43 bits per heavy atom. The third kappa shape index (κ3) is 5.99. The van der Waals surface area contributed by atoms with E-state index in [4.69, 9.17) is 9.47 Å². The lowest BCUT2D eigenvalue weighted by Gasteiger charge is -2.17. The van der Waals surface area contributed by atoms with Gasteiger partial charge in [0.1, 0.15) is 17.7 Å². The normalized spacial score (nSPS) is 11.7. The van der Waals surface area contributed by atoms with E-state index >= 15 is 0 Å². The third-order valence-electron chi connectivity index (χ3n) is 5.45. The first-order valence-corrected chi connectivity index (χ1v) is 11.9. The lowest BCUT2D eigenvalue weighted by Crippen LogP contribution is -2.11. The van der Waals surface area contributed by atoms with Gasteiger partial charge in [0.2, 0.25) is 6.54 Å². The number of nitro groups is 1. The van der Waals surface area contributed by atoms with Crippen LogP contribution in [0.4, 0.5) is 0 Å². The minimum absolute atomic E-state index is 0.280. The number of thioether (sulfide) groups is 1. The average molecular weight is 491 g/mol. The Kier molecular flexibility index (Phi) is 7.67. The van der Waals surface area contributed by atoms with Crippen molar-refractivity contribution in [2.75, 3.05) is 13.7 Å². The molecular weight excluding hydrogens is 464 g/mol. The molecule has 180 valence electrons. The summed E-state index contributed by atoms with van der Waals surface area (Å²) in [7, 11) is 1.56. The molecule has 3 aromatic carbocycles. The van der Waals surface area contributed by atoms with Crippen molar-refractivity contribution in [3.63, 3.8) is 0 Å². The lowest BCUT2D eigenvalue weighted by molar-refractivity contribution is -0.479. The van der Waals surface area contributed by atoms with Crippen molar-refractivity contribution < 1.29 is 14.4 Å². The molecule has 0 radical (unpaired) electrons. The van der Waals surface area contributed by atoms with E-state index in [-0.39, 0.29) is 11.5 Å². The number of hydrogen-bond acceptors (Lipinski definition) is 7. The molecule has 9 heteroatoms. The number of methoxy groups -OCH3 is 1. The topological polar surface area (TPSA) is 92.3 Å². The van der Waals surface area contributed by atoms with Crippen molar-refractivity contribution in [2.24, 2.45) is 0 Å². The zero-order chi connectivity index (χ0) is 24.8. The number of ether oxygens (including phenoxy) is 2. The van der Waals surface area contributed by atoms with E-state index in [1.165, 1.54) is 11.8 Å². The first kappa shape index (κ1) is 24.3. The summed E-state index contributed by atoms with van der Waals surface area (Å²) in [6.07, 6.45) is 0. The van der Waals surface area contributed by atoms with Crippen LogP contribution < -0.4 is 9.47 Å². The van der Waals surface area contributed by atoms with E-state index in [1.54, 1.807) is 19.2 Å². The van der Waals surface area contributed by atoms with E-state index in [2.05, 4.69) is 10.2 Å². The number of rotatable bonds is 10. The molecule has 0 amide bonds. The van der Waals surface area contributed by atoms with Gasteiger partial charge in [-0.2, -0.15) is 0 Å². The fourth-order valence-corrected chi connectivity index (χ4v) is 4.79. The van der Waals surface area contributed by atoms with E-state index in [9.17, 15) is 10.1 Å². The molecule has 0 bridgehead atoms. The summed E-state index contributed by atoms with van der Waals surface area (Å²) in [6.45, 7) is 3.99. The molecule has 0 unspecified atom stereocenters. The van der Waals surface area contributed by atoms with Crippen LogP contribution in [0, 0.1) is 24.0 Å². The monoisotopic (exact) mass is 490 g/mol. The first-order chi connectivity index (χ1) is 16.9. The van der Waals surface area contributed by atoms with E-state index in [1.807, 2.05) is 79.1 Å². The molecule has 4 aromatic rings. The summed E-state index contributed by atoms with van der Waals surface area (Å²) in [4.78, 5) is 11.2. The van der Waals surface area contributed by atoms with Crippen LogP contribution >= 0.6 is 11.8 Å². The maximum atomic E-state index is 11.5. The van der Waals surface area contributed by atoms with Gasteiger partial charge in [0.25, 0.3) is 0 Å². The molecule has 8 nitrogen and oxygen atoms in total. The number of nitrogens with zero attached hydrogens (tertiary/aromatic N) is 4. The van der Waals surface area contributed by atoms with E-state index in [0.717, 1.165) is 22.4 Å². The van der Waals surface area contributed by atoms with Crippen LogP contribution in [0.25, 0.3) is 5.69 Å². The lowest BCUT2D eigenvalue weighted by atomic mass is 10.1. The smallest absolute Gasteiger partial charge is 0.220 e. The Morgan fingerprint density at radius 1 is 1.00 bits per heavy atom. The number of aryl methyl sites for hydroxylation is 2. The third-order valence-corrected chi connectivity index (χ3v) is 6.63. The van der Waals surface area contributed by atoms with Gasteiger partial charge in [-0.25, -0.2) is 0 Å². The van der Waals surface area contributed by atoms with Crippen molar-refractivity contribution >= 4 is 11.8 Å². The summed E-state index contributed by atoms with van der Waals surface area (Å²) in [5.41, 5.74) is 3.82. The highest BCUT2D eigenvalue weighted by Gasteiger charge is 2.25. The Balaban J connectivity index is 1.61. The van der Waals surface area contributed by atoms with Gasteiger partial charge in [0.15, 0.2) is 16.7 Å². The van der Waals surface area contributed by atoms with Crippen molar-refractivity contribution in [3.05, 3.63) is 105 Å². The van der Waals surface area contributed by atoms with E-state index in [0.29, 0.717) is 29.1 Å². The quantitative estimate of drug-likeness (QED) is 0.163. The molecule has 0 N–H and O–H groups in total. The van der Waals surface area contributed by atoms with Crippen LogP contribution in [0.15, 0.2) is 78.0 Å². The fraction of sp³-hybridized carbons (Fsp3) is 0.231. The first-order valence-electron chi connectivity index (χ1n) is 11.1. The predicted octanol–water partition coefficient (Wildman–Crippen LogP) is 5.58. The minimum Gasteiger partial charge on any atom is -0.493 e. The summed E-state index contributed by atoms with van der Waals surface area (Å²) < 4.78 is 13.4. The zero-order valence-electron chi connectivity index (χ0n) is 19.7. The number of aromatic nitrogens is 3. The Bertz CT molecular complexity index is 1290. The number of hydrogen-bond donors (Lipinski definition) is 0. The highest BCUT2D eigenvalue weighted by molar-refractivity contribution is 7.99. The van der Waals surface area contributed by atoms with Crippen LogP contribution in [-0.2, 0) is 6.61 Å². The summed E-state index contributed by atoms with van der Waals surface area (Å²) >= 11 is 1.30. The molecule has 1 atom stereocenters. The molecule has 1 aromatic heterocycles. The van der Waals surface area contributed by atoms with Gasteiger partial charge >= 0.3 is 0 Å². The second kappa shape index (κ2) is 11.1. The van der Waals surface area contributed by atoms with Crippen LogP contribution in [-0.4, -0.2) is 33.3 Å². The molecule has 0 aliphatic carbocycles. The largest absolute Gasteiger partial charge is 0.493 e. The van der Waals surface area contributed by atoms with Gasteiger partial charge in [-0.1, -0.05) is 65.9 Å². The molecule has 35 heavy (non-hydrogen) atoms. The highest BCUT2D eigenvalue weighted by Crippen LogP contribution is 2.39. The van der Waals surface area contributed by atoms with Crippen LogP contribution in [0.3, 0.4) is 0 Å². The summed E-state index contributed by atoms with van der Waals surface area (Å²) in [5, 5.41) is 20.2. The van der Waals surface area contributed by atoms with Gasteiger partial charge in [0, 0.05) is 10.6 Å². The van der Waals surface area contributed by atoms with Crippen molar-refractivity contribution in [3.8, 4) is 17.2 Å². The molecule has 0 saturated heterocycles. The average Bonchev–Trinajstić information content (AvgIpc) is 3.23. The molecule has 0 fully saturated rings. The van der Waals surface area contributed by atoms with Crippen LogP contribution in [0.5, 0.6) is 11.5 Å². The fourth-order valence-electron chi connectivity index (χ4n) is 3.62. The second-order valence-electron chi connectivity index (χ2n) is 8.01. The Hall–Kier alpha value is -3.85. The van der Waals surface area contributed by atoms with Crippen molar-refractivity contribution in [1.82, 2.24) is 14.8 Å². The Labute approximate surface area is 208 Å². The van der Waals surface area contributed by atoms with Gasteiger partial charge in [0.05, 0.1) is 7.11 Å². The molecule has 4 rings (SSSR count). The number of benzene rings is 3. The second-order valence-corrected chi connectivity index (χ2v) is 9.18. The molecule has 0 aliphatic rings. The maximum Gasteiger partial charge on any atom is 0.220 e. The van der Waals surface area contributed by atoms with Gasteiger partial charge < -0.3 is 9.47 Å². The molecular formula is C26H26N4O4S. The highest BCUT2D eigenvalue weighted by atomic mass is 32.2. The van der Waals surface area contributed by atoms with Crippen molar-refractivity contribution in [1.29, 1.82) is 0 Å². The standard InChI is InChI=1S/C26H26N4O4S/c1-18-9-12-22(13-10-18)30-19(2)27-28-26(30)35-25(16-29(31)32)21-11-14-23(24(15-21)33-3)34-17-20-7-5-4-6-8-20/h4-15,25H,16-17H2,1-3H3/t25-/m0/s1. The predicted molar refractivity (Wildman–Crippen MR) is 135 cm³/mol. The van der Waals surface area contributed by atoms with Gasteiger partial charge in [-0.15, -0.1) is 10.2 Å². The maximum absolute atomic E-state index is 11.5. The van der Waals surface area contributed by atoms with Crippen LogP contribution in [0.1, 0.15) is 27.8 Å². The van der Waals surface area contributed by atoms with E-state index < -0.39 is 5.25 Å². The summed E-state index contributed by atoms with van der Waals surface area (Å²) in [5.74, 6) is 1.80. The van der Waals surface area contributed by atoms with Gasteiger partial charge in [-0.3, -0.25) is 14.7 Å². The van der Waals surface area contributed by atoms with Crippen molar-refractivity contribution in [2.45, 2.75) is 30.9 Å². The van der Waals surface area contributed by atoms with Gasteiger partial charge in [-0.05, 0) is 49.2 Å². The minimum atomic E-state index is -0.505. The SMILES string of the molecule is COc1cc([C@H](C[N+](=O)[O-])Sc2nnc(C)n2-c2ccc(C)cc2)ccc1OCc1ccccc1. The molecule has 0 aliphatic heterocycles. The van der Waals surface area contributed by atoms with Crippen LogP contribution in [0.2, 0.25) is 0 Å².